The minimum Gasteiger partial charge on any atom is -0.393 e. The summed E-state index contributed by atoms with van der Waals surface area (Å²) in [6.45, 7) is 3.73. The van der Waals surface area contributed by atoms with E-state index in [4.69, 9.17) is 5.11 Å². The van der Waals surface area contributed by atoms with Gasteiger partial charge >= 0.3 is 0 Å². The third kappa shape index (κ3) is 42.3. The summed E-state index contributed by atoms with van der Waals surface area (Å²) in [5.41, 5.74) is 0. The van der Waals surface area contributed by atoms with Gasteiger partial charge in [-0.3, -0.25) is 0 Å². The predicted molar refractivity (Wildman–Crippen MR) is 22.0 cm³/mol. The summed E-state index contributed by atoms with van der Waals surface area (Å²) in [5, 5.41) is 8.36. The average Bonchev–Trinajstić information content (AvgIpc) is 1.38. The molecule has 0 aliphatic carbocycles. The molecule has 0 aromatic rings. The molecule has 1 unspecified atom stereocenters. The molecule has 0 bridgehead atoms. The van der Waals surface area contributed by atoms with Crippen molar-refractivity contribution in [1.29, 1.82) is 0 Å². The fourth-order valence-electron chi connectivity index (χ4n) is 0. The monoisotopic (exact) mass is 994 g/mol. The Labute approximate surface area is 135 Å². The SMILES string of the molecule is CCC(C)O.[W].[W].[W].[W].[W]. The van der Waals surface area contributed by atoms with E-state index < -0.39 is 0 Å². The van der Waals surface area contributed by atoms with Gasteiger partial charge in [0.2, 0.25) is 0 Å². The number of hydrogen-bond acceptors (Lipinski definition) is 1. The standard InChI is InChI=1S/C4H10O.5W/c1-3-4(2)5;;;;;/h4-5H,3H2,1-2H3;;;;;. The zero-order valence-corrected chi connectivity index (χ0v) is 20.4. The van der Waals surface area contributed by atoms with Gasteiger partial charge in [0.25, 0.3) is 0 Å². The van der Waals surface area contributed by atoms with E-state index in [9.17, 15) is 0 Å². The molecule has 1 atom stereocenters. The first kappa shape index (κ1) is 37.6. The van der Waals surface area contributed by atoms with Gasteiger partial charge in [-0.2, -0.15) is 0 Å². The fraction of sp³-hybridized carbons (Fsp3) is 1.00. The first-order valence-corrected chi connectivity index (χ1v) is 1.95. The van der Waals surface area contributed by atoms with E-state index in [2.05, 4.69) is 0 Å². The Kier molecular flexibility index (Phi) is 111. The number of aliphatic hydroxyl groups is 1. The predicted octanol–water partition coefficient (Wildman–Crippen LogP) is 0.765. The molecule has 0 aromatic carbocycles. The first-order chi connectivity index (χ1) is 2.27. The fourth-order valence-corrected chi connectivity index (χ4v) is 0. The summed E-state index contributed by atoms with van der Waals surface area (Å²) in [6, 6.07) is 0. The topological polar surface area (TPSA) is 20.2 Å². The van der Waals surface area contributed by atoms with E-state index in [1.807, 2.05) is 6.92 Å². The minimum absolute atomic E-state index is 0. The Balaban J connectivity index is -0.00000000800. The van der Waals surface area contributed by atoms with Crippen molar-refractivity contribution in [1.82, 2.24) is 0 Å². The Morgan fingerprint density at radius 2 is 1.10 bits per heavy atom. The molecule has 0 aromatic heterocycles. The van der Waals surface area contributed by atoms with Crippen LogP contribution in [0.15, 0.2) is 0 Å². The van der Waals surface area contributed by atoms with E-state index in [0.717, 1.165) is 6.42 Å². The van der Waals surface area contributed by atoms with Crippen molar-refractivity contribution in [2.45, 2.75) is 26.4 Å². The van der Waals surface area contributed by atoms with Crippen LogP contribution in [0.25, 0.3) is 0 Å². The molecular weight excluding hydrogens is 983 g/mol. The van der Waals surface area contributed by atoms with Gasteiger partial charge in [-0.1, -0.05) is 6.92 Å². The minimum atomic E-state index is -0.116. The van der Waals surface area contributed by atoms with Crippen LogP contribution in [-0.2, 0) is 105 Å². The third-order valence-corrected chi connectivity index (χ3v) is 0.591. The smallest absolute Gasteiger partial charge is 0.0509 e. The van der Waals surface area contributed by atoms with Crippen molar-refractivity contribution in [2.24, 2.45) is 0 Å². The van der Waals surface area contributed by atoms with Crippen molar-refractivity contribution in [3.05, 3.63) is 0 Å². The summed E-state index contributed by atoms with van der Waals surface area (Å²) in [4.78, 5) is 0. The van der Waals surface area contributed by atoms with E-state index in [-0.39, 0.29) is 111 Å². The van der Waals surface area contributed by atoms with E-state index in [1.54, 1.807) is 6.92 Å². The van der Waals surface area contributed by atoms with Gasteiger partial charge in [0.1, 0.15) is 0 Å². The van der Waals surface area contributed by atoms with Crippen LogP contribution in [0.3, 0.4) is 0 Å². The molecule has 0 rings (SSSR count). The van der Waals surface area contributed by atoms with Gasteiger partial charge in [-0.15, -0.1) is 0 Å². The van der Waals surface area contributed by atoms with Crippen LogP contribution in [0.2, 0.25) is 0 Å². The normalized spacial score (nSPS) is 7.50. The molecule has 10 heavy (non-hydrogen) atoms. The van der Waals surface area contributed by atoms with Crippen molar-refractivity contribution < 1.29 is 110 Å². The van der Waals surface area contributed by atoms with Crippen molar-refractivity contribution in [3.63, 3.8) is 0 Å². The van der Waals surface area contributed by atoms with Crippen molar-refractivity contribution >= 4 is 0 Å². The first-order valence-electron chi connectivity index (χ1n) is 1.95. The van der Waals surface area contributed by atoms with Crippen LogP contribution < -0.4 is 0 Å². The summed E-state index contributed by atoms with van der Waals surface area (Å²) in [5.74, 6) is 0. The van der Waals surface area contributed by atoms with E-state index in [0.29, 0.717) is 0 Å². The zero-order valence-electron chi connectivity index (χ0n) is 5.77. The third-order valence-electron chi connectivity index (χ3n) is 0.591. The van der Waals surface area contributed by atoms with Crippen LogP contribution in [0.5, 0.6) is 0 Å². The Bertz CT molecular complexity index is 27.6. The second kappa shape index (κ2) is 29.4. The molecule has 0 heterocycles. The maximum atomic E-state index is 8.36. The van der Waals surface area contributed by atoms with Gasteiger partial charge in [0.15, 0.2) is 0 Å². The maximum absolute atomic E-state index is 8.36. The molecule has 6 heteroatoms. The molecule has 1 nitrogen and oxygen atoms in total. The van der Waals surface area contributed by atoms with Crippen LogP contribution in [0, 0.1) is 0 Å². The summed E-state index contributed by atoms with van der Waals surface area (Å²) < 4.78 is 0. The van der Waals surface area contributed by atoms with Gasteiger partial charge < -0.3 is 5.11 Å². The van der Waals surface area contributed by atoms with Crippen molar-refractivity contribution in [2.75, 3.05) is 0 Å². The number of aliphatic hydroxyl groups excluding tert-OH is 1. The molecule has 0 saturated heterocycles. The van der Waals surface area contributed by atoms with E-state index >= 15 is 0 Å². The van der Waals surface area contributed by atoms with Crippen LogP contribution in [-0.4, -0.2) is 11.2 Å². The van der Waals surface area contributed by atoms with E-state index in [1.165, 1.54) is 0 Å². The molecule has 0 radical (unpaired) electrons. The quantitative estimate of drug-likeness (QED) is 0.413. The summed E-state index contributed by atoms with van der Waals surface area (Å²) in [6.07, 6.45) is 0.745. The molecule has 0 aliphatic rings. The molecule has 0 fully saturated rings. The Hall–Kier alpha value is 3.40. The van der Waals surface area contributed by atoms with Crippen LogP contribution in [0.1, 0.15) is 20.3 Å². The van der Waals surface area contributed by atoms with Gasteiger partial charge in [-0.05, 0) is 13.3 Å². The van der Waals surface area contributed by atoms with Gasteiger partial charge in [0.05, 0.1) is 6.10 Å². The molecule has 0 saturated carbocycles. The van der Waals surface area contributed by atoms with Gasteiger partial charge in [-0.25, -0.2) is 0 Å². The molecule has 0 amide bonds. The molecule has 1 N–H and O–H groups in total. The Morgan fingerprint density at radius 3 is 1.10 bits per heavy atom. The van der Waals surface area contributed by atoms with Crippen LogP contribution >= 0.6 is 0 Å². The molecule has 0 aliphatic heterocycles. The summed E-state index contributed by atoms with van der Waals surface area (Å²) >= 11 is 0. The second-order valence-corrected chi connectivity index (χ2v) is 1.26. The summed E-state index contributed by atoms with van der Waals surface area (Å²) in [7, 11) is 0. The van der Waals surface area contributed by atoms with Crippen molar-refractivity contribution in [3.8, 4) is 0 Å². The molecular formula is C4H10OW5. The maximum Gasteiger partial charge on any atom is 0.0509 e. The van der Waals surface area contributed by atoms with Gasteiger partial charge in [0, 0.05) is 105 Å². The zero-order chi connectivity index (χ0) is 4.28. The number of hydrogen-bond donors (Lipinski definition) is 1. The number of rotatable bonds is 1. The van der Waals surface area contributed by atoms with Crippen LogP contribution in [0.4, 0.5) is 0 Å². The largest absolute Gasteiger partial charge is 0.393 e. The molecule has 62 valence electrons. The molecule has 0 spiro atoms. The average molecular weight is 993 g/mol. The Morgan fingerprint density at radius 1 is 1.00 bits per heavy atom. The second-order valence-electron chi connectivity index (χ2n) is 1.26.